The van der Waals surface area contributed by atoms with E-state index in [2.05, 4.69) is 33.4 Å². The van der Waals surface area contributed by atoms with E-state index < -0.39 is 5.60 Å². The number of allylic oxidation sites excluding steroid dienone is 4. The fourth-order valence-corrected chi connectivity index (χ4v) is 6.95. The number of carbonyl (C=O) groups excluding carboxylic acids is 1. The number of ketones is 1. The summed E-state index contributed by atoms with van der Waals surface area (Å²) in [6.07, 6.45) is 9.87. The van der Waals surface area contributed by atoms with E-state index in [0.717, 1.165) is 32.1 Å². The van der Waals surface area contributed by atoms with Crippen molar-refractivity contribution in [2.24, 2.45) is 28.6 Å². The molecule has 4 aliphatic carbocycles. The van der Waals surface area contributed by atoms with Crippen molar-refractivity contribution >= 4 is 5.78 Å². The summed E-state index contributed by atoms with van der Waals surface area (Å²) in [6, 6.07) is 0. The van der Waals surface area contributed by atoms with Crippen LogP contribution in [0.5, 0.6) is 0 Å². The molecule has 0 amide bonds. The normalized spacial score (nSPS) is 47.3. The Balaban J connectivity index is 1.78. The highest BCUT2D eigenvalue weighted by Crippen LogP contribution is 2.67. The standard InChI is InChI=1S/C23H32O3/c1-14-12-20-18-7-6-16-13-17(24)8-10-21(16,3)19(18)9-11-22(20,4)23(14,25)15(2)26-5/h9,13-14,18,20,25H,2,6-8,10-12H2,1,3-5H3/t14?,18-,20+,21+,22+,23+/m1/s1. The Morgan fingerprint density at radius 2 is 2.08 bits per heavy atom. The van der Waals surface area contributed by atoms with Gasteiger partial charge < -0.3 is 9.84 Å². The Hall–Kier alpha value is -1.35. The van der Waals surface area contributed by atoms with Crippen molar-refractivity contribution in [3.05, 3.63) is 35.6 Å². The number of rotatable bonds is 2. The van der Waals surface area contributed by atoms with E-state index in [1.54, 1.807) is 7.11 Å². The Morgan fingerprint density at radius 1 is 1.35 bits per heavy atom. The number of hydrogen-bond donors (Lipinski definition) is 1. The molecule has 0 aromatic rings. The quantitative estimate of drug-likeness (QED) is 0.582. The van der Waals surface area contributed by atoms with Gasteiger partial charge in [0.15, 0.2) is 5.78 Å². The van der Waals surface area contributed by atoms with E-state index in [9.17, 15) is 9.90 Å². The summed E-state index contributed by atoms with van der Waals surface area (Å²) in [6.45, 7) is 10.8. The summed E-state index contributed by atoms with van der Waals surface area (Å²) in [5, 5.41) is 11.7. The highest BCUT2D eigenvalue weighted by molar-refractivity contribution is 5.92. The van der Waals surface area contributed by atoms with Gasteiger partial charge in [0, 0.05) is 17.3 Å². The van der Waals surface area contributed by atoms with Crippen molar-refractivity contribution in [1.29, 1.82) is 0 Å². The van der Waals surface area contributed by atoms with Crippen LogP contribution in [0.1, 0.15) is 59.3 Å². The third-order valence-corrected chi connectivity index (χ3v) is 8.59. The molecule has 3 nitrogen and oxygen atoms in total. The number of aliphatic hydroxyl groups is 1. The first-order valence-corrected chi connectivity index (χ1v) is 10.1. The first-order chi connectivity index (χ1) is 12.2. The number of ether oxygens (including phenoxy) is 1. The summed E-state index contributed by atoms with van der Waals surface area (Å²) in [5.74, 6) is 1.86. The van der Waals surface area contributed by atoms with Crippen LogP contribution >= 0.6 is 0 Å². The second kappa shape index (κ2) is 5.58. The number of carbonyl (C=O) groups is 1. The molecule has 4 rings (SSSR count). The van der Waals surface area contributed by atoms with Crippen LogP contribution in [0.25, 0.3) is 0 Å². The van der Waals surface area contributed by atoms with Crippen LogP contribution in [0.15, 0.2) is 35.6 Å². The average Bonchev–Trinajstić information content (AvgIpc) is 2.83. The van der Waals surface area contributed by atoms with E-state index >= 15 is 0 Å². The minimum absolute atomic E-state index is 0.0420. The molecule has 142 valence electrons. The molecule has 0 spiro atoms. The summed E-state index contributed by atoms with van der Waals surface area (Å²) >= 11 is 0. The maximum Gasteiger partial charge on any atom is 0.155 e. The molecule has 1 unspecified atom stereocenters. The lowest BCUT2D eigenvalue weighted by molar-refractivity contribution is -0.116. The van der Waals surface area contributed by atoms with Crippen LogP contribution in [0.3, 0.4) is 0 Å². The molecular weight excluding hydrogens is 324 g/mol. The van der Waals surface area contributed by atoms with E-state index in [4.69, 9.17) is 4.74 Å². The zero-order valence-electron chi connectivity index (χ0n) is 16.6. The molecule has 4 aliphatic rings. The highest BCUT2D eigenvalue weighted by atomic mass is 16.5. The molecule has 0 aromatic carbocycles. The monoisotopic (exact) mass is 356 g/mol. The number of fused-ring (bicyclic) bond motifs is 5. The predicted octanol–water partition coefficient (Wildman–Crippen LogP) is 4.58. The fraction of sp³-hybridized carbons (Fsp3) is 0.696. The molecule has 1 N–H and O–H groups in total. The minimum Gasteiger partial charge on any atom is -0.499 e. The highest BCUT2D eigenvalue weighted by Gasteiger charge is 2.66. The topological polar surface area (TPSA) is 46.5 Å². The van der Waals surface area contributed by atoms with Crippen molar-refractivity contribution in [2.45, 2.75) is 64.9 Å². The van der Waals surface area contributed by atoms with Crippen molar-refractivity contribution < 1.29 is 14.6 Å². The summed E-state index contributed by atoms with van der Waals surface area (Å²) < 4.78 is 5.46. The summed E-state index contributed by atoms with van der Waals surface area (Å²) in [5.41, 5.74) is 1.69. The molecule has 0 heterocycles. The number of hydrogen-bond acceptors (Lipinski definition) is 3. The fourth-order valence-electron chi connectivity index (χ4n) is 6.95. The van der Waals surface area contributed by atoms with Crippen molar-refractivity contribution in [3.63, 3.8) is 0 Å². The van der Waals surface area contributed by atoms with Gasteiger partial charge in [-0.25, -0.2) is 0 Å². The smallest absolute Gasteiger partial charge is 0.155 e. The van der Waals surface area contributed by atoms with Gasteiger partial charge in [-0.1, -0.05) is 44.6 Å². The van der Waals surface area contributed by atoms with Crippen LogP contribution in [0.4, 0.5) is 0 Å². The molecule has 3 heteroatoms. The Kier molecular flexibility index (Phi) is 3.87. The third kappa shape index (κ3) is 2.01. The van der Waals surface area contributed by atoms with Gasteiger partial charge in [-0.3, -0.25) is 4.79 Å². The van der Waals surface area contributed by atoms with Gasteiger partial charge in [0.1, 0.15) is 11.4 Å². The molecule has 0 aromatic heterocycles. The molecule has 0 saturated heterocycles. The first kappa shape index (κ1) is 18.0. The Bertz CT molecular complexity index is 732. The van der Waals surface area contributed by atoms with Gasteiger partial charge in [-0.05, 0) is 55.9 Å². The zero-order chi connectivity index (χ0) is 18.9. The van der Waals surface area contributed by atoms with Gasteiger partial charge >= 0.3 is 0 Å². The van der Waals surface area contributed by atoms with Crippen LogP contribution in [-0.4, -0.2) is 23.6 Å². The van der Waals surface area contributed by atoms with Crippen molar-refractivity contribution in [2.75, 3.05) is 7.11 Å². The maximum atomic E-state index is 11.9. The lowest BCUT2D eigenvalue weighted by atomic mass is 9.50. The van der Waals surface area contributed by atoms with Gasteiger partial charge in [0.05, 0.1) is 7.11 Å². The van der Waals surface area contributed by atoms with Crippen LogP contribution in [0.2, 0.25) is 0 Å². The maximum absolute atomic E-state index is 11.9. The number of methoxy groups -OCH3 is 1. The average molecular weight is 357 g/mol. The largest absolute Gasteiger partial charge is 0.499 e. The van der Waals surface area contributed by atoms with Crippen LogP contribution in [0, 0.1) is 28.6 Å². The Morgan fingerprint density at radius 3 is 2.77 bits per heavy atom. The van der Waals surface area contributed by atoms with Gasteiger partial charge in [-0.15, -0.1) is 0 Å². The molecule has 0 bridgehead atoms. The second-order valence-electron chi connectivity index (χ2n) is 9.53. The van der Waals surface area contributed by atoms with E-state index in [-0.39, 0.29) is 22.5 Å². The summed E-state index contributed by atoms with van der Waals surface area (Å²) in [4.78, 5) is 11.9. The van der Waals surface area contributed by atoms with Gasteiger partial charge in [-0.2, -0.15) is 0 Å². The third-order valence-electron chi connectivity index (χ3n) is 8.59. The van der Waals surface area contributed by atoms with Crippen LogP contribution < -0.4 is 0 Å². The predicted molar refractivity (Wildman–Crippen MR) is 102 cm³/mol. The van der Waals surface area contributed by atoms with Gasteiger partial charge in [0.2, 0.25) is 0 Å². The first-order valence-electron chi connectivity index (χ1n) is 10.1. The second-order valence-corrected chi connectivity index (χ2v) is 9.53. The molecule has 2 saturated carbocycles. The van der Waals surface area contributed by atoms with Crippen molar-refractivity contribution in [3.8, 4) is 0 Å². The molecule has 6 atom stereocenters. The molecule has 0 radical (unpaired) electrons. The van der Waals surface area contributed by atoms with E-state index in [0.29, 0.717) is 24.0 Å². The van der Waals surface area contributed by atoms with Crippen molar-refractivity contribution in [1.82, 2.24) is 0 Å². The lowest BCUT2D eigenvalue weighted by Crippen LogP contribution is -2.53. The molecule has 26 heavy (non-hydrogen) atoms. The molecular formula is C23H32O3. The Labute approximate surface area is 157 Å². The lowest BCUT2D eigenvalue weighted by Gasteiger charge is -2.55. The van der Waals surface area contributed by atoms with E-state index in [1.165, 1.54) is 11.1 Å². The summed E-state index contributed by atoms with van der Waals surface area (Å²) in [7, 11) is 1.62. The zero-order valence-corrected chi connectivity index (χ0v) is 16.6. The minimum atomic E-state index is -0.978. The van der Waals surface area contributed by atoms with Gasteiger partial charge in [0.25, 0.3) is 0 Å². The molecule has 0 aliphatic heterocycles. The van der Waals surface area contributed by atoms with E-state index in [1.807, 2.05) is 6.08 Å². The SMILES string of the molecule is C=C(OC)[C@@]1(O)C(C)C[C@H]2[C@@H]3CCC4=CC(=O)CC[C@]4(C)C3=CC[C@@]21C. The van der Waals surface area contributed by atoms with Crippen LogP contribution in [-0.2, 0) is 9.53 Å². The molecule has 2 fully saturated rings.